The van der Waals surface area contributed by atoms with Crippen molar-refractivity contribution in [1.82, 2.24) is 4.98 Å². The lowest BCUT2D eigenvalue weighted by molar-refractivity contribution is 0.403. The number of nitrogen functional groups attached to an aromatic ring is 1. The number of aromatic nitrogens is 1. The molecule has 0 fully saturated rings. The van der Waals surface area contributed by atoms with Gasteiger partial charge < -0.3 is 10.5 Å². The molecule has 0 spiro atoms. The van der Waals surface area contributed by atoms with Gasteiger partial charge >= 0.3 is 0 Å². The van der Waals surface area contributed by atoms with Crippen LogP contribution < -0.4 is 15.2 Å². The summed E-state index contributed by atoms with van der Waals surface area (Å²) < 4.78 is 32.5. The van der Waals surface area contributed by atoms with Gasteiger partial charge in [0.25, 0.3) is 10.0 Å². The number of hydrogen-bond donors (Lipinski definition) is 2. The summed E-state index contributed by atoms with van der Waals surface area (Å²) in [5.41, 5.74) is 6.90. The smallest absolute Gasteiger partial charge is 0.267 e. The minimum atomic E-state index is -3.80. The van der Waals surface area contributed by atoms with Crippen LogP contribution >= 0.6 is 11.3 Å². The number of sulfonamides is 1. The van der Waals surface area contributed by atoms with Crippen LogP contribution in [-0.2, 0) is 16.4 Å². The van der Waals surface area contributed by atoms with E-state index < -0.39 is 10.0 Å². The van der Waals surface area contributed by atoms with E-state index in [2.05, 4.69) is 9.71 Å². The van der Waals surface area contributed by atoms with Crippen molar-refractivity contribution in [3.05, 3.63) is 28.8 Å². The van der Waals surface area contributed by atoms with Gasteiger partial charge in [-0.3, -0.25) is 4.72 Å². The largest absolute Gasteiger partial charge is 0.495 e. The molecule has 1 aromatic heterocycles. The van der Waals surface area contributed by atoms with Crippen LogP contribution in [0, 0.1) is 6.92 Å². The van der Waals surface area contributed by atoms with E-state index in [1.165, 1.54) is 30.6 Å². The lowest BCUT2D eigenvalue weighted by Gasteiger charge is -2.10. The number of anilines is 2. The molecule has 0 aliphatic rings. The molecule has 0 aliphatic heterocycles. The maximum absolute atomic E-state index is 12.5. The number of nitrogens with two attached hydrogens (primary N) is 1. The molecule has 2 aromatic rings. The van der Waals surface area contributed by atoms with E-state index in [0.717, 1.165) is 17.0 Å². The Bertz CT molecular complexity index is 754. The fraction of sp³-hybridized carbons (Fsp3) is 0.308. The molecule has 0 bridgehead atoms. The van der Waals surface area contributed by atoms with Gasteiger partial charge in [-0.2, -0.15) is 0 Å². The van der Waals surface area contributed by atoms with Crippen LogP contribution in [0.4, 0.5) is 10.8 Å². The third-order valence-electron chi connectivity index (χ3n) is 2.93. The average Bonchev–Trinajstić information content (AvgIpc) is 2.77. The van der Waals surface area contributed by atoms with Gasteiger partial charge in [0.15, 0.2) is 5.13 Å². The summed E-state index contributed by atoms with van der Waals surface area (Å²) >= 11 is 1.30. The molecule has 0 saturated carbocycles. The van der Waals surface area contributed by atoms with Crippen LogP contribution in [0.3, 0.4) is 0 Å². The van der Waals surface area contributed by atoms with E-state index in [9.17, 15) is 8.42 Å². The van der Waals surface area contributed by atoms with E-state index in [4.69, 9.17) is 10.5 Å². The first kappa shape index (κ1) is 15.6. The summed E-state index contributed by atoms with van der Waals surface area (Å²) in [6.07, 6.45) is 0.756. The van der Waals surface area contributed by atoms with Crippen LogP contribution in [-0.4, -0.2) is 20.5 Å². The Morgan fingerprint density at radius 3 is 2.71 bits per heavy atom. The first-order chi connectivity index (χ1) is 9.87. The first-order valence-electron chi connectivity index (χ1n) is 6.30. The molecule has 0 aliphatic carbocycles. The second-order valence-corrected chi connectivity index (χ2v) is 7.25. The standard InChI is InChI=1S/C13H17N3O3S2/c1-4-10-8(2)20-13(15-10)16-21(17,18)12-7-9(14)5-6-11(12)19-3/h5-7H,4,14H2,1-3H3,(H,15,16). The number of nitrogens with zero attached hydrogens (tertiary/aromatic N) is 1. The Morgan fingerprint density at radius 2 is 2.14 bits per heavy atom. The molecule has 0 radical (unpaired) electrons. The number of thiazole rings is 1. The Labute approximate surface area is 128 Å². The van der Waals surface area contributed by atoms with Crippen LogP contribution in [0.1, 0.15) is 17.5 Å². The third kappa shape index (κ3) is 3.27. The van der Waals surface area contributed by atoms with E-state index in [0.29, 0.717) is 10.8 Å². The zero-order valence-electron chi connectivity index (χ0n) is 12.0. The fourth-order valence-electron chi connectivity index (χ4n) is 1.87. The Hall–Kier alpha value is -1.80. The van der Waals surface area contributed by atoms with Crippen molar-refractivity contribution in [2.75, 3.05) is 17.6 Å². The van der Waals surface area contributed by atoms with E-state index in [1.54, 1.807) is 6.07 Å². The van der Waals surface area contributed by atoms with Crippen molar-refractivity contribution in [3.63, 3.8) is 0 Å². The Kier molecular flexibility index (Phi) is 4.38. The molecule has 21 heavy (non-hydrogen) atoms. The maximum Gasteiger partial charge on any atom is 0.267 e. The molecule has 0 unspecified atom stereocenters. The number of hydrogen-bond acceptors (Lipinski definition) is 6. The Balaban J connectivity index is 2.40. The van der Waals surface area contributed by atoms with Crippen LogP contribution in [0.2, 0.25) is 0 Å². The van der Waals surface area contributed by atoms with Gasteiger partial charge in [0.2, 0.25) is 0 Å². The predicted octanol–water partition coefficient (Wildman–Crippen LogP) is 2.41. The summed E-state index contributed by atoms with van der Waals surface area (Å²) in [5, 5.41) is 0.342. The van der Waals surface area contributed by atoms with Gasteiger partial charge in [0.05, 0.1) is 12.8 Å². The first-order valence-corrected chi connectivity index (χ1v) is 8.60. The maximum atomic E-state index is 12.5. The lowest BCUT2D eigenvalue weighted by Crippen LogP contribution is -2.14. The molecule has 0 amide bonds. The fourth-order valence-corrected chi connectivity index (χ4v) is 4.22. The molecule has 3 N–H and O–H groups in total. The van der Waals surface area contributed by atoms with E-state index in [1.807, 2.05) is 13.8 Å². The summed E-state index contributed by atoms with van der Waals surface area (Å²) in [4.78, 5) is 5.26. The number of methoxy groups -OCH3 is 1. The molecule has 1 aromatic carbocycles. The average molecular weight is 327 g/mol. The van der Waals surface area contributed by atoms with Gasteiger partial charge in [0.1, 0.15) is 10.6 Å². The summed E-state index contributed by atoms with van der Waals surface area (Å²) in [6.45, 7) is 3.89. The third-order valence-corrected chi connectivity index (χ3v) is 5.34. The van der Waals surface area contributed by atoms with E-state index in [-0.39, 0.29) is 10.6 Å². The topological polar surface area (TPSA) is 94.3 Å². The monoisotopic (exact) mass is 327 g/mol. The predicted molar refractivity (Wildman–Crippen MR) is 84.4 cm³/mol. The van der Waals surface area contributed by atoms with Crippen molar-refractivity contribution in [1.29, 1.82) is 0 Å². The van der Waals surface area contributed by atoms with Crippen molar-refractivity contribution < 1.29 is 13.2 Å². The minimum absolute atomic E-state index is 0.00379. The highest BCUT2D eigenvalue weighted by Crippen LogP contribution is 2.30. The minimum Gasteiger partial charge on any atom is -0.495 e. The molecule has 8 heteroatoms. The van der Waals surface area contributed by atoms with Gasteiger partial charge in [-0.1, -0.05) is 6.92 Å². The molecular weight excluding hydrogens is 310 g/mol. The van der Waals surface area contributed by atoms with Gasteiger partial charge in [0, 0.05) is 10.6 Å². The number of aryl methyl sites for hydroxylation is 2. The second-order valence-electron chi connectivity index (χ2n) is 4.39. The highest BCUT2D eigenvalue weighted by atomic mass is 32.2. The zero-order chi connectivity index (χ0) is 15.6. The van der Waals surface area contributed by atoms with Gasteiger partial charge in [-0.25, -0.2) is 13.4 Å². The number of ether oxygens (including phenoxy) is 1. The number of benzene rings is 1. The van der Waals surface area contributed by atoms with Gasteiger partial charge in [-0.15, -0.1) is 11.3 Å². The molecule has 6 nitrogen and oxygen atoms in total. The molecular formula is C13H17N3O3S2. The number of rotatable bonds is 5. The molecule has 0 saturated heterocycles. The molecule has 114 valence electrons. The zero-order valence-corrected chi connectivity index (χ0v) is 13.6. The number of nitrogens with one attached hydrogen (secondary N) is 1. The summed E-state index contributed by atoms with van der Waals surface area (Å²) in [5.74, 6) is 0.237. The highest BCUT2D eigenvalue weighted by Gasteiger charge is 2.22. The van der Waals surface area contributed by atoms with Crippen molar-refractivity contribution in [2.24, 2.45) is 0 Å². The normalized spacial score (nSPS) is 11.4. The molecule has 0 atom stereocenters. The van der Waals surface area contributed by atoms with Crippen molar-refractivity contribution in [2.45, 2.75) is 25.2 Å². The Morgan fingerprint density at radius 1 is 1.43 bits per heavy atom. The van der Waals surface area contributed by atoms with Crippen molar-refractivity contribution in [3.8, 4) is 5.75 Å². The molecule has 1 heterocycles. The van der Waals surface area contributed by atoms with Crippen molar-refractivity contribution >= 4 is 32.2 Å². The van der Waals surface area contributed by atoms with E-state index >= 15 is 0 Å². The summed E-state index contributed by atoms with van der Waals surface area (Å²) in [6, 6.07) is 4.47. The quantitative estimate of drug-likeness (QED) is 0.822. The SMILES string of the molecule is CCc1nc(NS(=O)(=O)c2cc(N)ccc2OC)sc1C. The second kappa shape index (κ2) is 5.90. The lowest BCUT2D eigenvalue weighted by atomic mass is 10.3. The van der Waals surface area contributed by atoms with Crippen LogP contribution in [0.25, 0.3) is 0 Å². The summed E-state index contributed by atoms with van der Waals surface area (Å²) in [7, 11) is -2.39. The highest BCUT2D eigenvalue weighted by molar-refractivity contribution is 7.93. The van der Waals surface area contributed by atoms with Crippen LogP contribution in [0.15, 0.2) is 23.1 Å². The van der Waals surface area contributed by atoms with Crippen LogP contribution in [0.5, 0.6) is 5.75 Å². The van der Waals surface area contributed by atoms with Gasteiger partial charge in [-0.05, 0) is 31.5 Å². The molecule has 2 rings (SSSR count).